The quantitative estimate of drug-likeness (QED) is 0.216. The van der Waals surface area contributed by atoms with Crippen LogP contribution in [0.15, 0.2) is 12.7 Å². The standard InChI is InChI=1S/C9H18O5Si.Cl3HSi/c1-5-9(10)14-7-6-8-15(11-2,12-3)13-4;1-4(2)3/h5H,1,6-8H2,2-4H3;4H. The van der Waals surface area contributed by atoms with Crippen LogP contribution >= 0.6 is 33.2 Å². The van der Waals surface area contributed by atoms with Crippen LogP contribution in [0.5, 0.6) is 0 Å². The zero-order valence-corrected chi connectivity index (χ0v) is 15.6. The van der Waals surface area contributed by atoms with Crippen LogP contribution in [0, 0.1) is 0 Å². The van der Waals surface area contributed by atoms with E-state index in [-0.39, 0.29) is 0 Å². The van der Waals surface area contributed by atoms with Gasteiger partial charge in [-0.2, -0.15) is 0 Å². The first-order valence-corrected chi connectivity index (χ1v) is 12.4. The molecule has 0 aromatic carbocycles. The summed E-state index contributed by atoms with van der Waals surface area (Å²) in [6.45, 7) is 1.89. The van der Waals surface area contributed by atoms with Crippen LogP contribution in [0.3, 0.4) is 0 Å². The van der Waals surface area contributed by atoms with E-state index < -0.39 is 21.5 Å². The molecule has 0 saturated carbocycles. The Morgan fingerprint density at radius 3 is 1.95 bits per heavy atom. The molecular weight excluding hydrogens is 351 g/mol. The van der Waals surface area contributed by atoms with Gasteiger partial charge in [0.1, 0.15) is 0 Å². The van der Waals surface area contributed by atoms with Crippen molar-refractivity contribution < 1.29 is 22.8 Å². The average Bonchev–Trinajstić information content (AvgIpc) is 2.39. The van der Waals surface area contributed by atoms with Crippen molar-refractivity contribution >= 4 is 54.7 Å². The van der Waals surface area contributed by atoms with Crippen LogP contribution in [0.1, 0.15) is 6.42 Å². The van der Waals surface area contributed by atoms with Gasteiger partial charge in [-0.05, 0) is 6.42 Å². The molecule has 0 rings (SSSR count). The summed E-state index contributed by atoms with van der Waals surface area (Å²) in [6, 6.07) is 0.612. The molecule has 5 nitrogen and oxygen atoms in total. The Hall–Kier alpha value is 0.394. The second-order valence-corrected chi connectivity index (χ2v) is 12.5. The van der Waals surface area contributed by atoms with Gasteiger partial charge in [-0.1, -0.05) is 6.58 Å². The predicted octanol–water partition coefficient (Wildman–Crippen LogP) is 2.40. The van der Waals surface area contributed by atoms with Crippen molar-refractivity contribution in [3.8, 4) is 0 Å². The minimum absolute atomic E-state index is 0.315. The van der Waals surface area contributed by atoms with Gasteiger partial charge >= 0.3 is 21.5 Å². The van der Waals surface area contributed by atoms with E-state index in [1.54, 1.807) is 21.3 Å². The van der Waals surface area contributed by atoms with E-state index in [1.165, 1.54) is 0 Å². The lowest BCUT2D eigenvalue weighted by molar-refractivity contribution is -0.137. The maximum absolute atomic E-state index is 10.7. The highest BCUT2D eigenvalue weighted by Gasteiger charge is 2.36. The third-order valence-corrected chi connectivity index (χ3v) is 4.80. The van der Waals surface area contributed by atoms with E-state index in [0.29, 0.717) is 19.1 Å². The summed E-state index contributed by atoms with van der Waals surface area (Å²) in [5, 5.41) is 0. The van der Waals surface area contributed by atoms with E-state index in [0.717, 1.165) is 6.08 Å². The van der Waals surface area contributed by atoms with Gasteiger partial charge in [0.2, 0.25) is 0 Å². The van der Waals surface area contributed by atoms with Gasteiger partial charge in [-0.15, -0.1) is 33.2 Å². The summed E-state index contributed by atoms with van der Waals surface area (Å²) in [6.07, 6.45) is 1.77. The number of hydrogen-bond donors (Lipinski definition) is 0. The summed E-state index contributed by atoms with van der Waals surface area (Å²) >= 11 is 14.8. The molecule has 0 aromatic rings. The number of esters is 1. The fraction of sp³-hybridized carbons (Fsp3) is 0.667. The lowest BCUT2D eigenvalue weighted by Crippen LogP contribution is -2.42. The van der Waals surface area contributed by atoms with Crippen molar-refractivity contribution in [3.63, 3.8) is 0 Å². The lowest BCUT2D eigenvalue weighted by atomic mass is 10.5. The molecule has 0 aliphatic heterocycles. The number of carbonyl (C=O) groups is 1. The molecule has 0 atom stereocenters. The molecule has 0 N–H and O–H groups in total. The van der Waals surface area contributed by atoms with Crippen molar-refractivity contribution in [2.75, 3.05) is 27.9 Å². The Morgan fingerprint density at radius 2 is 1.63 bits per heavy atom. The van der Waals surface area contributed by atoms with E-state index in [4.69, 9.17) is 51.3 Å². The summed E-state index contributed by atoms with van der Waals surface area (Å²) in [7, 11) is 2.13. The maximum Gasteiger partial charge on any atom is 0.500 e. The van der Waals surface area contributed by atoms with E-state index >= 15 is 0 Å². The predicted molar refractivity (Wildman–Crippen MR) is 82.1 cm³/mol. The van der Waals surface area contributed by atoms with Gasteiger partial charge in [0.15, 0.2) is 0 Å². The molecule has 0 spiro atoms. The summed E-state index contributed by atoms with van der Waals surface area (Å²) < 4.78 is 20.4. The number of hydrogen-bond acceptors (Lipinski definition) is 5. The van der Waals surface area contributed by atoms with Crippen LogP contribution in [-0.2, 0) is 22.8 Å². The largest absolute Gasteiger partial charge is 0.500 e. The molecule has 0 radical (unpaired) electrons. The van der Waals surface area contributed by atoms with Crippen LogP contribution in [-0.4, -0.2) is 49.4 Å². The molecule has 0 saturated heterocycles. The topological polar surface area (TPSA) is 54.0 Å². The highest BCUT2D eigenvalue weighted by Crippen LogP contribution is 2.14. The van der Waals surface area contributed by atoms with E-state index in [2.05, 4.69) is 6.58 Å². The Kier molecular flexibility index (Phi) is 15.3. The second kappa shape index (κ2) is 13.4. The molecule has 10 heteroatoms. The normalized spacial score (nSPS) is 10.7. The zero-order valence-electron chi connectivity index (χ0n) is 11.2. The first kappa shape index (κ1) is 21.7. The van der Waals surface area contributed by atoms with Crippen molar-refractivity contribution in [2.45, 2.75) is 12.5 Å². The van der Waals surface area contributed by atoms with Crippen LogP contribution in [0.2, 0.25) is 6.04 Å². The molecule has 0 aliphatic carbocycles. The van der Waals surface area contributed by atoms with Crippen molar-refractivity contribution in [1.82, 2.24) is 0 Å². The average molecular weight is 370 g/mol. The fourth-order valence-electron chi connectivity index (χ4n) is 1.08. The van der Waals surface area contributed by atoms with Gasteiger partial charge in [0.05, 0.1) is 6.61 Å². The molecular formula is C9H19Cl3O5Si2. The van der Waals surface area contributed by atoms with Gasteiger partial charge < -0.3 is 18.0 Å². The number of halogens is 3. The first-order valence-electron chi connectivity index (χ1n) is 5.24. The monoisotopic (exact) mass is 368 g/mol. The van der Waals surface area contributed by atoms with Gasteiger partial charge in [-0.25, -0.2) is 4.79 Å². The van der Waals surface area contributed by atoms with Crippen molar-refractivity contribution in [1.29, 1.82) is 0 Å². The number of rotatable bonds is 8. The fourth-order valence-corrected chi connectivity index (χ4v) is 2.77. The first-order chi connectivity index (χ1) is 8.87. The van der Waals surface area contributed by atoms with Crippen LogP contribution < -0.4 is 0 Å². The summed E-state index contributed by atoms with van der Waals surface area (Å²) in [4.78, 5) is 10.7. The number of carbonyl (C=O) groups excluding carboxylic acids is 1. The van der Waals surface area contributed by atoms with Crippen molar-refractivity contribution in [3.05, 3.63) is 12.7 Å². The van der Waals surface area contributed by atoms with Crippen LogP contribution in [0.4, 0.5) is 0 Å². The molecule has 0 aliphatic rings. The van der Waals surface area contributed by atoms with Gasteiger partial charge in [-0.3, -0.25) is 0 Å². The third-order valence-electron chi connectivity index (χ3n) is 1.97. The zero-order chi connectivity index (χ0) is 15.3. The molecule has 114 valence electrons. The molecule has 0 aromatic heterocycles. The van der Waals surface area contributed by atoms with Gasteiger partial charge in [0.25, 0.3) is 0 Å². The second-order valence-electron chi connectivity index (χ2n) is 3.02. The smallest absolute Gasteiger partial charge is 0.463 e. The third kappa shape index (κ3) is 13.1. The van der Waals surface area contributed by atoms with E-state index in [1.807, 2.05) is 0 Å². The van der Waals surface area contributed by atoms with Crippen molar-refractivity contribution in [2.24, 2.45) is 0 Å². The molecule has 0 amide bonds. The highest BCUT2D eigenvalue weighted by atomic mass is 35.8. The molecule has 0 unspecified atom stereocenters. The lowest BCUT2D eigenvalue weighted by Gasteiger charge is -2.23. The van der Waals surface area contributed by atoms with Crippen LogP contribution in [0.25, 0.3) is 0 Å². The molecule has 0 fully saturated rings. The Balaban J connectivity index is 0. The Labute approximate surface area is 130 Å². The molecule has 0 bridgehead atoms. The molecule has 0 heterocycles. The van der Waals surface area contributed by atoms with E-state index in [9.17, 15) is 4.79 Å². The SMILES string of the molecule is C=CC(=O)OCCC[Si](OC)(OC)OC.Cl[SiH](Cl)Cl. The number of ether oxygens (including phenoxy) is 1. The van der Waals surface area contributed by atoms with Gasteiger partial charge in [0, 0.05) is 33.4 Å². The summed E-state index contributed by atoms with van der Waals surface area (Å²) in [5.74, 6) is -0.422. The highest BCUT2D eigenvalue weighted by molar-refractivity contribution is 7.54. The Bertz CT molecular complexity index is 241. The maximum atomic E-state index is 10.7. The summed E-state index contributed by atoms with van der Waals surface area (Å²) in [5.41, 5.74) is 0. The molecule has 19 heavy (non-hydrogen) atoms. The minimum atomic E-state index is -2.52. The Morgan fingerprint density at radius 1 is 1.21 bits per heavy atom. The minimum Gasteiger partial charge on any atom is -0.463 e.